The SMILES string of the molecule is O=C(ON1C(=O)c2ccc(C(=O)c3ccc4c(c3)C(=O)N(OC(=O)c3cc(C(F)(F)F)cc(C(F)(F)F)c3)C4=O)cc2C1=O)c1cc(C(F)(F)F)cc(C(F)(F)F)c1. The molecule has 2 heterocycles. The Morgan fingerprint density at radius 1 is 0.379 bits per heavy atom. The van der Waals surface area contributed by atoms with Crippen LogP contribution in [0.2, 0.25) is 0 Å². The monoisotopic (exact) mass is 832 g/mol. The van der Waals surface area contributed by atoms with Crippen LogP contribution < -0.4 is 0 Å². The van der Waals surface area contributed by atoms with Crippen molar-refractivity contribution in [2.75, 3.05) is 0 Å². The molecule has 0 saturated carbocycles. The van der Waals surface area contributed by atoms with Gasteiger partial charge in [0.15, 0.2) is 5.78 Å². The van der Waals surface area contributed by atoms with E-state index in [1.54, 1.807) is 0 Å². The third-order valence-electron chi connectivity index (χ3n) is 8.22. The minimum absolute atomic E-state index is 0.0198. The first-order valence-corrected chi connectivity index (χ1v) is 15.3. The van der Waals surface area contributed by atoms with E-state index in [0.717, 1.165) is 36.4 Å². The van der Waals surface area contributed by atoms with Crippen molar-refractivity contribution in [3.05, 3.63) is 140 Å². The zero-order valence-electron chi connectivity index (χ0n) is 27.5. The van der Waals surface area contributed by atoms with E-state index in [9.17, 15) is 86.2 Å². The molecule has 6 rings (SSSR count). The van der Waals surface area contributed by atoms with E-state index in [4.69, 9.17) is 0 Å². The van der Waals surface area contributed by atoms with Crippen LogP contribution in [0.1, 0.15) is 100 Å². The fourth-order valence-electron chi connectivity index (χ4n) is 5.47. The summed E-state index contributed by atoms with van der Waals surface area (Å²) in [5.74, 6) is -10.9. The average Bonchev–Trinajstić information content (AvgIpc) is 3.51. The van der Waals surface area contributed by atoms with Crippen LogP contribution in [0.15, 0.2) is 72.8 Å². The van der Waals surface area contributed by atoms with Gasteiger partial charge in [0.2, 0.25) is 0 Å². The topological polar surface area (TPSA) is 144 Å². The second-order valence-electron chi connectivity index (χ2n) is 12.0. The zero-order valence-corrected chi connectivity index (χ0v) is 27.5. The molecule has 58 heavy (non-hydrogen) atoms. The molecule has 4 amide bonds. The molecule has 300 valence electrons. The van der Waals surface area contributed by atoms with Gasteiger partial charge in [0, 0.05) is 11.1 Å². The Balaban J connectivity index is 1.21. The third-order valence-corrected chi connectivity index (χ3v) is 8.22. The number of hydrogen-bond donors (Lipinski definition) is 0. The highest BCUT2D eigenvalue weighted by atomic mass is 19.4. The van der Waals surface area contributed by atoms with Gasteiger partial charge in [-0.3, -0.25) is 24.0 Å². The third kappa shape index (κ3) is 7.44. The average molecular weight is 832 g/mol. The number of halogens is 12. The number of fused-ring (bicyclic) bond motifs is 2. The predicted molar refractivity (Wildman–Crippen MR) is 161 cm³/mol. The minimum atomic E-state index is -5.37. The lowest BCUT2D eigenvalue weighted by molar-refractivity contribution is -0.144. The molecular formula is C35H12F12N2O9. The molecule has 0 saturated heterocycles. The van der Waals surface area contributed by atoms with Crippen LogP contribution in [-0.4, -0.2) is 51.5 Å². The molecule has 2 aliphatic heterocycles. The summed E-state index contributed by atoms with van der Waals surface area (Å²) in [6.45, 7) is 0. The summed E-state index contributed by atoms with van der Waals surface area (Å²) >= 11 is 0. The largest absolute Gasteiger partial charge is 0.416 e. The van der Waals surface area contributed by atoms with E-state index in [-0.39, 0.29) is 46.5 Å². The number of ketones is 1. The molecule has 4 aromatic rings. The number of benzene rings is 4. The van der Waals surface area contributed by atoms with Crippen molar-refractivity contribution < 1.29 is 95.9 Å². The van der Waals surface area contributed by atoms with Gasteiger partial charge in [-0.15, -0.1) is 0 Å². The van der Waals surface area contributed by atoms with Gasteiger partial charge in [0.25, 0.3) is 23.6 Å². The van der Waals surface area contributed by atoms with Crippen molar-refractivity contribution in [3.63, 3.8) is 0 Å². The quantitative estimate of drug-likeness (QED) is 0.108. The maximum atomic E-state index is 13.4. The van der Waals surface area contributed by atoms with E-state index in [1.807, 2.05) is 0 Å². The Bertz CT molecular complexity index is 2290. The Hall–Kier alpha value is -7.07. The maximum absolute atomic E-state index is 13.4. The molecular weight excluding hydrogens is 820 g/mol. The van der Waals surface area contributed by atoms with Crippen molar-refractivity contribution in [1.29, 1.82) is 0 Å². The van der Waals surface area contributed by atoms with Crippen molar-refractivity contribution in [1.82, 2.24) is 10.1 Å². The molecule has 0 N–H and O–H groups in total. The standard InChI is InChI=1S/C35H12F12N2O9/c36-32(37,38)17-5-15(6-18(11-17)33(39,40)41)30(55)57-48-26(51)21-3-1-13(9-23(21)28(48)53)25(50)14-2-4-22-24(10-14)29(54)49(27(22)52)58-31(56)16-7-19(34(42,43)44)12-20(8-16)35(45,46)47/h1-12H. The molecule has 0 spiro atoms. The number of amides is 4. The Morgan fingerprint density at radius 3 is 0.931 bits per heavy atom. The lowest BCUT2D eigenvalue weighted by atomic mass is 9.96. The Labute approximate surface area is 311 Å². The van der Waals surface area contributed by atoms with E-state index >= 15 is 0 Å². The van der Waals surface area contributed by atoms with Crippen molar-refractivity contribution in [2.45, 2.75) is 24.7 Å². The summed E-state index contributed by atoms with van der Waals surface area (Å²) in [5, 5.41) is -0.568. The number of alkyl halides is 12. The van der Waals surface area contributed by atoms with Crippen LogP contribution in [0, 0.1) is 0 Å². The second-order valence-corrected chi connectivity index (χ2v) is 12.0. The van der Waals surface area contributed by atoms with Crippen LogP contribution >= 0.6 is 0 Å². The number of nitrogens with zero attached hydrogens (tertiary/aromatic N) is 2. The van der Waals surface area contributed by atoms with Gasteiger partial charge >= 0.3 is 36.6 Å². The van der Waals surface area contributed by atoms with Crippen LogP contribution in [0.3, 0.4) is 0 Å². The zero-order chi connectivity index (χ0) is 43.0. The lowest BCUT2D eigenvalue weighted by Gasteiger charge is -2.16. The summed E-state index contributed by atoms with van der Waals surface area (Å²) in [4.78, 5) is 99.6. The fraction of sp³-hybridized carbons (Fsp3) is 0.114. The van der Waals surface area contributed by atoms with E-state index in [1.165, 1.54) is 0 Å². The summed E-state index contributed by atoms with van der Waals surface area (Å²) < 4.78 is 159. The van der Waals surface area contributed by atoms with Crippen LogP contribution in [0.5, 0.6) is 0 Å². The van der Waals surface area contributed by atoms with Gasteiger partial charge in [-0.2, -0.15) is 52.7 Å². The molecule has 0 aromatic heterocycles. The van der Waals surface area contributed by atoms with Gasteiger partial charge in [-0.1, -0.05) is 22.3 Å². The van der Waals surface area contributed by atoms with Crippen LogP contribution in [0.4, 0.5) is 52.7 Å². The van der Waals surface area contributed by atoms with Crippen molar-refractivity contribution in [3.8, 4) is 0 Å². The molecule has 0 fully saturated rings. The lowest BCUT2D eigenvalue weighted by Crippen LogP contribution is -2.33. The molecule has 0 aliphatic carbocycles. The van der Waals surface area contributed by atoms with Gasteiger partial charge in [-0.25, -0.2) is 9.59 Å². The van der Waals surface area contributed by atoms with Gasteiger partial charge in [-0.05, 0) is 60.7 Å². The van der Waals surface area contributed by atoms with E-state index in [2.05, 4.69) is 9.68 Å². The normalized spacial score (nSPS) is 14.5. The van der Waals surface area contributed by atoms with Gasteiger partial charge < -0.3 is 9.68 Å². The molecule has 2 aliphatic rings. The predicted octanol–water partition coefficient (Wildman–Crippen LogP) is 7.73. The van der Waals surface area contributed by atoms with E-state index < -0.39 is 133 Å². The van der Waals surface area contributed by atoms with Crippen LogP contribution in [-0.2, 0) is 34.4 Å². The first-order valence-electron chi connectivity index (χ1n) is 15.3. The highest BCUT2D eigenvalue weighted by molar-refractivity contribution is 6.24. The smallest absolute Gasteiger partial charge is 0.324 e. The van der Waals surface area contributed by atoms with E-state index in [0.29, 0.717) is 0 Å². The van der Waals surface area contributed by atoms with Crippen molar-refractivity contribution in [2.24, 2.45) is 0 Å². The maximum Gasteiger partial charge on any atom is 0.416 e. The first-order chi connectivity index (χ1) is 26.7. The number of imide groups is 2. The molecule has 0 radical (unpaired) electrons. The second kappa shape index (κ2) is 13.5. The van der Waals surface area contributed by atoms with Crippen LogP contribution in [0.25, 0.3) is 0 Å². The van der Waals surface area contributed by atoms with Crippen molar-refractivity contribution >= 4 is 41.4 Å². The number of hydroxylamine groups is 4. The summed E-state index contributed by atoms with van der Waals surface area (Å²) in [5.41, 5.74) is -13.6. The number of rotatable bonds is 6. The Morgan fingerprint density at radius 2 is 0.655 bits per heavy atom. The molecule has 0 unspecified atom stereocenters. The molecule has 23 heteroatoms. The Kier molecular flexibility index (Phi) is 9.48. The summed E-state index contributed by atoms with van der Waals surface area (Å²) in [6, 6.07) is 4.42. The number of carbonyl (C=O) groups excluding carboxylic acids is 7. The molecule has 0 atom stereocenters. The van der Waals surface area contributed by atoms with Gasteiger partial charge in [0.05, 0.1) is 55.6 Å². The minimum Gasteiger partial charge on any atom is -0.324 e. The summed E-state index contributed by atoms with van der Waals surface area (Å²) in [6.07, 6.45) is -21.5. The van der Waals surface area contributed by atoms with Gasteiger partial charge in [0.1, 0.15) is 0 Å². The summed E-state index contributed by atoms with van der Waals surface area (Å²) in [7, 11) is 0. The highest BCUT2D eigenvalue weighted by Crippen LogP contribution is 2.39. The molecule has 11 nitrogen and oxygen atoms in total. The molecule has 4 aromatic carbocycles. The highest BCUT2D eigenvalue weighted by Gasteiger charge is 2.44. The fourth-order valence-corrected chi connectivity index (χ4v) is 5.47. The number of carbonyl (C=O) groups is 7. The number of hydrogen-bond acceptors (Lipinski definition) is 9. The molecule has 0 bridgehead atoms. The first kappa shape index (κ1) is 40.6.